The van der Waals surface area contributed by atoms with Crippen LogP contribution in [0.2, 0.25) is 0 Å². The average Bonchev–Trinajstić information content (AvgIpc) is 3.02. The quantitative estimate of drug-likeness (QED) is 0.777. The molecule has 1 aromatic carbocycles. The smallest absolute Gasteiger partial charge is 0.317 e. The summed E-state index contributed by atoms with van der Waals surface area (Å²) in [7, 11) is 0. The molecule has 0 spiro atoms. The second-order valence-corrected chi connectivity index (χ2v) is 6.09. The largest absolute Gasteiger partial charge is 0.480 e. The number of likely N-dealkylation sites (tertiary alicyclic amines) is 1. The highest BCUT2D eigenvalue weighted by atomic mass is 19.1. The molecule has 2 aromatic rings. The fourth-order valence-electron chi connectivity index (χ4n) is 2.96. The van der Waals surface area contributed by atoms with Gasteiger partial charge in [-0.05, 0) is 25.5 Å². The van der Waals surface area contributed by atoms with E-state index >= 15 is 0 Å². The van der Waals surface area contributed by atoms with Gasteiger partial charge in [0.05, 0.1) is 18.6 Å². The van der Waals surface area contributed by atoms with Gasteiger partial charge in [0.25, 0.3) is 0 Å². The number of aromatic amines is 1. The third kappa shape index (κ3) is 3.10. The predicted octanol–water partition coefficient (Wildman–Crippen LogP) is 1.34. The van der Waals surface area contributed by atoms with Crippen molar-refractivity contribution < 1.29 is 14.3 Å². The number of hydrogen-bond acceptors (Lipinski definition) is 4. The number of H-pyrrole nitrogens is 1. The molecule has 0 bridgehead atoms. The SMILES string of the molecule is C[C@@]1(NCC(=O)O)CCN(Cc2nc3c(F)cccc3[nH]2)C1. The minimum Gasteiger partial charge on any atom is -0.480 e. The molecule has 3 N–H and O–H groups in total. The number of aliphatic carboxylic acids is 1. The van der Waals surface area contributed by atoms with Crippen LogP contribution in [-0.4, -0.2) is 51.1 Å². The summed E-state index contributed by atoms with van der Waals surface area (Å²) in [5.41, 5.74) is 0.847. The van der Waals surface area contributed by atoms with Gasteiger partial charge in [-0.2, -0.15) is 0 Å². The lowest BCUT2D eigenvalue weighted by Gasteiger charge is -2.25. The van der Waals surface area contributed by atoms with Crippen molar-refractivity contribution in [1.82, 2.24) is 20.2 Å². The van der Waals surface area contributed by atoms with Crippen molar-refractivity contribution in [2.45, 2.75) is 25.4 Å². The summed E-state index contributed by atoms with van der Waals surface area (Å²) in [6.07, 6.45) is 0.870. The highest BCUT2D eigenvalue weighted by Crippen LogP contribution is 2.23. The molecule has 0 saturated carbocycles. The Labute approximate surface area is 127 Å². The Morgan fingerprint density at radius 1 is 1.59 bits per heavy atom. The summed E-state index contributed by atoms with van der Waals surface area (Å²) in [4.78, 5) is 20.3. The van der Waals surface area contributed by atoms with Crippen LogP contribution in [0.15, 0.2) is 18.2 Å². The van der Waals surface area contributed by atoms with Gasteiger partial charge in [0.2, 0.25) is 0 Å². The fraction of sp³-hybridized carbons (Fsp3) is 0.467. The molecule has 3 rings (SSSR count). The minimum absolute atomic E-state index is 0.0415. The van der Waals surface area contributed by atoms with Crippen LogP contribution in [0.25, 0.3) is 11.0 Å². The Bertz CT molecular complexity index is 702. The van der Waals surface area contributed by atoms with Crippen LogP contribution in [0.3, 0.4) is 0 Å². The number of benzene rings is 1. The molecule has 1 aromatic heterocycles. The third-order valence-electron chi connectivity index (χ3n) is 4.10. The maximum Gasteiger partial charge on any atom is 0.317 e. The molecule has 2 heterocycles. The molecular weight excluding hydrogens is 287 g/mol. The number of hydrogen-bond donors (Lipinski definition) is 3. The summed E-state index contributed by atoms with van der Waals surface area (Å²) >= 11 is 0. The van der Waals surface area contributed by atoms with Crippen LogP contribution < -0.4 is 5.32 Å². The standard InChI is InChI=1S/C15H19FN4O2/c1-15(17-7-13(21)22)5-6-20(9-15)8-12-18-11-4-2-3-10(16)14(11)19-12/h2-4,17H,5-9H2,1H3,(H,18,19)(H,21,22)/t15-/m1/s1. The summed E-state index contributed by atoms with van der Waals surface area (Å²) in [5.74, 6) is -0.454. The molecule has 0 aliphatic carbocycles. The minimum atomic E-state index is -0.854. The van der Waals surface area contributed by atoms with Crippen molar-refractivity contribution >= 4 is 17.0 Å². The first kappa shape index (κ1) is 14.9. The molecule has 1 atom stereocenters. The van der Waals surface area contributed by atoms with Gasteiger partial charge in [0.15, 0.2) is 5.82 Å². The average molecular weight is 306 g/mol. The molecule has 1 aliphatic heterocycles. The van der Waals surface area contributed by atoms with E-state index in [4.69, 9.17) is 5.11 Å². The number of carboxylic acid groups (broad SMARTS) is 1. The summed E-state index contributed by atoms with van der Waals surface area (Å²) in [6, 6.07) is 4.86. The molecule has 6 nitrogen and oxygen atoms in total. The number of carbonyl (C=O) groups is 1. The lowest BCUT2D eigenvalue weighted by atomic mass is 10.0. The highest BCUT2D eigenvalue weighted by molar-refractivity contribution is 5.75. The van der Waals surface area contributed by atoms with Gasteiger partial charge < -0.3 is 15.4 Å². The number of nitrogens with one attached hydrogen (secondary N) is 2. The number of aromatic nitrogens is 2. The van der Waals surface area contributed by atoms with E-state index in [0.717, 1.165) is 25.3 Å². The van der Waals surface area contributed by atoms with Crippen LogP contribution in [0, 0.1) is 5.82 Å². The van der Waals surface area contributed by atoms with Crippen LogP contribution >= 0.6 is 0 Å². The van der Waals surface area contributed by atoms with E-state index in [2.05, 4.69) is 20.2 Å². The van der Waals surface area contributed by atoms with E-state index in [-0.39, 0.29) is 17.9 Å². The van der Waals surface area contributed by atoms with E-state index in [0.29, 0.717) is 17.6 Å². The molecule has 1 aliphatic rings. The Kier molecular flexibility index (Phi) is 3.84. The molecule has 0 amide bonds. The zero-order chi connectivity index (χ0) is 15.7. The highest BCUT2D eigenvalue weighted by Gasteiger charge is 2.33. The second-order valence-electron chi connectivity index (χ2n) is 6.09. The Hall–Kier alpha value is -1.99. The summed E-state index contributed by atoms with van der Waals surface area (Å²) < 4.78 is 13.7. The van der Waals surface area contributed by atoms with E-state index in [1.165, 1.54) is 6.07 Å². The number of carboxylic acids is 1. The third-order valence-corrected chi connectivity index (χ3v) is 4.10. The van der Waals surface area contributed by atoms with Crippen molar-refractivity contribution in [3.05, 3.63) is 29.8 Å². The summed E-state index contributed by atoms with van der Waals surface area (Å²) in [5, 5.41) is 11.8. The van der Waals surface area contributed by atoms with Gasteiger partial charge in [-0.15, -0.1) is 0 Å². The number of rotatable bonds is 5. The predicted molar refractivity (Wildman–Crippen MR) is 80.0 cm³/mol. The van der Waals surface area contributed by atoms with Crippen molar-refractivity contribution in [2.75, 3.05) is 19.6 Å². The van der Waals surface area contributed by atoms with Crippen molar-refractivity contribution in [1.29, 1.82) is 0 Å². The van der Waals surface area contributed by atoms with Gasteiger partial charge >= 0.3 is 5.97 Å². The number of fused-ring (bicyclic) bond motifs is 1. The van der Waals surface area contributed by atoms with Crippen molar-refractivity contribution in [3.63, 3.8) is 0 Å². The van der Waals surface area contributed by atoms with E-state index in [1.807, 2.05) is 6.92 Å². The first-order chi connectivity index (χ1) is 10.5. The molecule has 118 valence electrons. The first-order valence-electron chi connectivity index (χ1n) is 7.27. The van der Waals surface area contributed by atoms with Crippen LogP contribution in [-0.2, 0) is 11.3 Å². The summed E-state index contributed by atoms with van der Waals surface area (Å²) in [6.45, 7) is 4.16. The van der Waals surface area contributed by atoms with Gasteiger partial charge in [-0.25, -0.2) is 9.37 Å². The van der Waals surface area contributed by atoms with Crippen molar-refractivity contribution in [2.24, 2.45) is 0 Å². The lowest BCUT2D eigenvalue weighted by molar-refractivity contribution is -0.136. The zero-order valence-electron chi connectivity index (χ0n) is 12.4. The Balaban J connectivity index is 1.66. The van der Waals surface area contributed by atoms with Gasteiger partial charge in [0.1, 0.15) is 11.3 Å². The molecule has 22 heavy (non-hydrogen) atoms. The molecule has 1 saturated heterocycles. The molecule has 0 unspecified atom stereocenters. The normalized spacial score (nSPS) is 22.5. The lowest BCUT2D eigenvalue weighted by Crippen LogP contribution is -2.46. The Morgan fingerprint density at radius 3 is 3.14 bits per heavy atom. The first-order valence-corrected chi connectivity index (χ1v) is 7.27. The fourth-order valence-corrected chi connectivity index (χ4v) is 2.96. The second kappa shape index (κ2) is 5.66. The zero-order valence-corrected chi connectivity index (χ0v) is 12.4. The van der Waals surface area contributed by atoms with Gasteiger partial charge in [-0.3, -0.25) is 9.69 Å². The molecular formula is C15H19FN4O2. The number of imidazole rings is 1. The monoisotopic (exact) mass is 306 g/mol. The molecule has 0 radical (unpaired) electrons. The van der Waals surface area contributed by atoms with Gasteiger partial charge in [0, 0.05) is 18.6 Å². The molecule has 7 heteroatoms. The number of para-hydroxylation sites is 1. The van der Waals surface area contributed by atoms with E-state index in [1.54, 1.807) is 12.1 Å². The topological polar surface area (TPSA) is 81.2 Å². The van der Waals surface area contributed by atoms with Crippen LogP contribution in [0.1, 0.15) is 19.2 Å². The van der Waals surface area contributed by atoms with E-state index < -0.39 is 5.97 Å². The molecule has 1 fully saturated rings. The van der Waals surface area contributed by atoms with E-state index in [9.17, 15) is 9.18 Å². The van der Waals surface area contributed by atoms with Crippen LogP contribution in [0.5, 0.6) is 0 Å². The Morgan fingerprint density at radius 2 is 2.41 bits per heavy atom. The maximum atomic E-state index is 13.7. The maximum absolute atomic E-state index is 13.7. The van der Waals surface area contributed by atoms with Gasteiger partial charge in [-0.1, -0.05) is 6.07 Å². The van der Waals surface area contributed by atoms with Crippen LogP contribution in [0.4, 0.5) is 4.39 Å². The van der Waals surface area contributed by atoms with Crippen molar-refractivity contribution in [3.8, 4) is 0 Å². The number of halogens is 1. The number of nitrogens with zero attached hydrogens (tertiary/aromatic N) is 2.